The van der Waals surface area contributed by atoms with Crippen molar-refractivity contribution in [1.82, 2.24) is 24.9 Å². The third kappa shape index (κ3) is 4.55. The number of aryl methyl sites for hydroxylation is 1. The number of nitrogens with two attached hydrogens (primary N) is 1. The van der Waals surface area contributed by atoms with E-state index in [0.29, 0.717) is 34.5 Å². The van der Waals surface area contributed by atoms with Crippen molar-refractivity contribution >= 4 is 45.4 Å². The number of hydrogen-bond donors (Lipinski definition) is 2. The van der Waals surface area contributed by atoms with Gasteiger partial charge in [0.25, 0.3) is 0 Å². The molecule has 0 amide bonds. The third-order valence-electron chi connectivity index (χ3n) is 5.39. The number of imidazole rings is 1. The normalized spacial score (nSPS) is 11.2. The molecule has 0 spiro atoms. The fourth-order valence-corrected chi connectivity index (χ4v) is 4.56. The number of nitrogen functional groups attached to an aromatic ring is 1. The van der Waals surface area contributed by atoms with Crippen LogP contribution in [-0.2, 0) is 12.2 Å². The first-order valence-corrected chi connectivity index (χ1v) is 11.7. The maximum absolute atomic E-state index is 13.0. The summed E-state index contributed by atoms with van der Waals surface area (Å²) >= 11 is 1.60. The number of fused-ring (bicyclic) bond motifs is 2. The van der Waals surface area contributed by atoms with Gasteiger partial charge < -0.3 is 15.5 Å². The van der Waals surface area contributed by atoms with Crippen LogP contribution in [0, 0.1) is 0 Å². The predicted molar refractivity (Wildman–Crippen MR) is 133 cm³/mol. The molecule has 9 heteroatoms. The highest BCUT2D eigenvalue weighted by atomic mass is 32.2. The summed E-state index contributed by atoms with van der Waals surface area (Å²) in [5, 5.41) is 1.48. The quantitative estimate of drug-likeness (QED) is 0.249. The Labute approximate surface area is 200 Å². The Hall–Kier alpha value is -3.98. The molecule has 2 aromatic carbocycles. The number of carbonyl (C=O) groups is 1. The number of anilines is 1. The summed E-state index contributed by atoms with van der Waals surface area (Å²) in [4.78, 5) is 34.1. The van der Waals surface area contributed by atoms with Gasteiger partial charge in [-0.3, -0.25) is 9.78 Å². The minimum atomic E-state index is -0.115. The smallest absolute Gasteiger partial charge is 0.221 e. The average Bonchev–Trinajstić information content (AvgIpc) is 3.28. The predicted octanol–water partition coefficient (Wildman–Crippen LogP) is 4.60. The lowest BCUT2D eigenvalue weighted by atomic mass is 10.1. The number of hydrogen-bond acceptors (Lipinski definition) is 8. The third-order valence-corrected chi connectivity index (χ3v) is 6.29. The molecule has 0 aliphatic carbocycles. The standard InChI is InChI=1S/C25H22N6O2S/c1-33-21-11-5-8-17-22(30-24(26)31-23(17)21)20(32)13-12-15-6-4-7-16(27-15)14-34-25-28-18-9-2-3-10-19(18)29-25/h2-11H,12-14H2,1H3,(H,28,29)(H2,26,30,31). The monoisotopic (exact) mass is 470 g/mol. The largest absolute Gasteiger partial charge is 0.494 e. The van der Waals surface area contributed by atoms with Crippen LogP contribution in [-0.4, -0.2) is 37.8 Å². The number of Topliss-reactive ketones (excluding diaryl/α,β-unsaturated/α-hetero) is 1. The first-order valence-electron chi connectivity index (χ1n) is 10.8. The minimum absolute atomic E-state index is 0.0445. The van der Waals surface area contributed by atoms with E-state index in [1.54, 1.807) is 31.0 Å². The van der Waals surface area contributed by atoms with Gasteiger partial charge in [-0.15, -0.1) is 0 Å². The number of ether oxygens (including phenoxy) is 1. The summed E-state index contributed by atoms with van der Waals surface area (Å²) in [7, 11) is 1.56. The van der Waals surface area contributed by atoms with Crippen molar-refractivity contribution in [2.45, 2.75) is 23.8 Å². The molecular weight excluding hydrogens is 448 g/mol. The maximum atomic E-state index is 13.0. The summed E-state index contributed by atoms with van der Waals surface area (Å²) in [5.41, 5.74) is 10.4. The second-order valence-electron chi connectivity index (χ2n) is 7.68. The van der Waals surface area contributed by atoms with Crippen LogP contribution in [0.15, 0.2) is 65.8 Å². The van der Waals surface area contributed by atoms with Crippen LogP contribution in [0.1, 0.15) is 28.3 Å². The van der Waals surface area contributed by atoms with Crippen LogP contribution in [0.3, 0.4) is 0 Å². The van der Waals surface area contributed by atoms with Gasteiger partial charge in [0.05, 0.1) is 23.8 Å². The number of H-pyrrole nitrogens is 1. The van der Waals surface area contributed by atoms with Gasteiger partial charge >= 0.3 is 0 Å². The molecule has 5 aromatic rings. The summed E-state index contributed by atoms with van der Waals surface area (Å²) < 4.78 is 5.36. The zero-order valence-electron chi connectivity index (χ0n) is 18.5. The van der Waals surface area contributed by atoms with Crippen molar-refractivity contribution in [1.29, 1.82) is 0 Å². The average molecular weight is 471 g/mol. The Morgan fingerprint density at radius 1 is 0.971 bits per heavy atom. The lowest BCUT2D eigenvalue weighted by molar-refractivity contribution is 0.0979. The highest BCUT2D eigenvalue weighted by molar-refractivity contribution is 7.98. The number of carbonyl (C=O) groups excluding carboxylic acids is 1. The molecule has 0 bridgehead atoms. The summed E-state index contributed by atoms with van der Waals surface area (Å²) in [6.07, 6.45) is 0.757. The van der Waals surface area contributed by atoms with Gasteiger partial charge in [0.15, 0.2) is 10.9 Å². The van der Waals surface area contributed by atoms with Gasteiger partial charge in [0.2, 0.25) is 5.95 Å². The van der Waals surface area contributed by atoms with E-state index in [9.17, 15) is 4.79 Å². The molecule has 0 saturated carbocycles. The fourth-order valence-electron chi connectivity index (χ4n) is 3.77. The zero-order chi connectivity index (χ0) is 23.5. The van der Waals surface area contributed by atoms with E-state index in [4.69, 9.17) is 15.5 Å². The van der Waals surface area contributed by atoms with Crippen LogP contribution in [0.25, 0.3) is 21.9 Å². The molecule has 3 N–H and O–H groups in total. The van der Waals surface area contributed by atoms with E-state index >= 15 is 0 Å². The Bertz CT molecular complexity index is 1470. The second-order valence-corrected chi connectivity index (χ2v) is 8.64. The summed E-state index contributed by atoms with van der Waals surface area (Å²) in [6, 6.07) is 19.2. The SMILES string of the molecule is COc1cccc2c(C(=O)CCc3cccc(CSc4nc5ccccc5[nH]4)n3)nc(N)nc12. The number of benzene rings is 2. The maximum Gasteiger partial charge on any atom is 0.221 e. The number of thioether (sulfide) groups is 1. The van der Waals surface area contributed by atoms with Gasteiger partial charge in [-0.25, -0.2) is 15.0 Å². The highest BCUT2D eigenvalue weighted by Gasteiger charge is 2.17. The Morgan fingerprint density at radius 2 is 1.79 bits per heavy atom. The molecule has 0 saturated heterocycles. The lowest BCUT2D eigenvalue weighted by Gasteiger charge is -2.09. The summed E-state index contributed by atoms with van der Waals surface area (Å²) in [6.45, 7) is 0. The number of nitrogens with one attached hydrogen (secondary N) is 1. The molecule has 0 fully saturated rings. The zero-order valence-corrected chi connectivity index (χ0v) is 19.3. The van der Waals surface area contributed by atoms with Crippen LogP contribution < -0.4 is 10.5 Å². The Balaban J connectivity index is 1.27. The molecule has 34 heavy (non-hydrogen) atoms. The number of aromatic amines is 1. The first kappa shape index (κ1) is 21.8. The molecule has 8 nitrogen and oxygen atoms in total. The van der Waals surface area contributed by atoms with Crippen LogP contribution >= 0.6 is 11.8 Å². The number of methoxy groups -OCH3 is 1. The molecule has 170 valence electrons. The van der Waals surface area contributed by atoms with Gasteiger partial charge in [-0.2, -0.15) is 0 Å². The Morgan fingerprint density at radius 3 is 2.65 bits per heavy atom. The fraction of sp³-hybridized carbons (Fsp3) is 0.160. The number of pyridine rings is 1. The van der Waals surface area contributed by atoms with Crippen molar-refractivity contribution in [2.24, 2.45) is 0 Å². The van der Waals surface area contributed by atoms with Crippen molar-refractivity contribution in [2.75, 3.05) is 12.8 Å². The van der Waals surface area contributed by atoms with E-state index in [1.807, 2.05) is 48.5 Å². The lowest BCUT2D eigenvalue weighted by Crippen LogP contribution is -2.09. The Kier molecular flexibility index (Phi) is 6.09. The number of rotatable bonds is 8. The van der Waals surface area contributed by atoms with Gasteiger partial charge in [-0.1, -0.05) is 42.1 Å². The number of ketones is 1. The van der Waals surface area contributed by atoms with Crippen molar-refractivity contribution in [3.8, 4) is 5.75 Å². The van der Waals surface area contributed by atoms with E-state index in [-0.39, 0.29) is 18.2 Å². The van der Waals surface area contributed by atoms with Crippen molar-refractivity contribution in [3.05, 3.63) is 77.7 Å². The molecule has 0 unspecified atom stereocenters. The van der Waals surface area contributed by atoms with Crippen molar-refractivity contribution < 1.29 is 9.53 Å². The number of para-hydroxylation sites is 3. The molecule has 5 rings (SSSR count). The molecule has 0 aliphatic heterocycles. The molecular formula is C25H22N6O2S. The minimum Gasteiger partial charge on any atom is -0.494 e. The van der Waals surface area contributed by atoms with E-state index in [1.165, 1.54) is 0 Å². The molecule has 3 heterocycles. The topological polar surface area (TPSA) is 120 Å². The van der Waals surface area contributed by atoms with Crippen molar-refractivity contribution in [3.63, 3.8) is 0 Å². The van der Waals surface area contributed by atoms with Crippen LogP contribution in [0.2, 0.25) is 0 Å². The number of nitrogens with zero attached hydrogens (tertiary/aromatic N) is 4. The van der Waals surface area contributed by atoms with Gasteiger partial charge in [0, 0.05) is 23.3 Å². The molecule has 0 radical (unpaired) electrons. The van der Waals surface area contributed by atoms with Crippen LogP contribution in [0.4, 0.5) is 5.95 Å². The van der Waals surface area contributed by atoms with E-state index in [0.717, 1.165) is 27.6 Å². The highest BCUT2D eigenvalue weighted by Crippen LogP contribution is 2.27. The number of aromatic nitrogens is 5. The van der Waals surface area contributed by atoms with Gasteiger partial charge in [0.1, 0.15) is 17.0 Å². The summed E-state index contributed by atoms with van der Waals surface area (Å²) in [5.74, 6) is 1.16. The first-order chi connectivity index (χ1) is 16.6. The molecule has 0 aliphatic rings. The molecule has 3 aromatic heterocycles. The second kappa shape index (κ2) is 9.48. The molecule has 0 atom stereocenters. The van der Waals surface area contributed by atoms with Gasteiger partial charge in [-0.05, 0) is 36.8 Å². The van der Waals surface area contributed by atoms with E-state index < -0.39 is 0 Å². The van der Waals surface area contributed by atoms with Crippen LogP contribution in [0.5, 0.6) is 5.75 Å². The van der Waals surface area contributed by atoms with E-state index in [2.05, 4.69) is 19.9 Å².